The molecule has 74 valence electrons. The number of hydrogen-bond donors (Lipinski definition) is 1. The molecule has 1 N–H and O–H groups in total. The van der Waals surface area contributed by atoms with Gasteiger partial charge in [0.2, 0.25) is 0 Å². The first-order valence-corrected chi connectivity index (χ1v) is 4.89. The van der Waals surface area contributed by atoms with Crippen molar-refractivity contribution in [2.24, 2.45) is 11.1 Å². The second kappa shape index (κ2) is 2.47. The van der Waals surface area contributed by atoms with Gasteiger partial charge in [0.15, 0.2) is 0 Å². The van der Waals surface area contributed by atoms with Gasteiger partial charge in [0.1, 0.15) is 5.60 Å². The Labute approximate surface area is 78.8 Å². The minimum Gasteiger partial charge on any atom is -0.411 e. The molecule has 0 aromatic rings. The summed E-state index contributed by atoms with van der Waals surface area (Å²) in [6.45, 7) is 6.28. The van der Waals surface area contributed by atoms with E-state index in [1.807, 2.05) is 6.92 Å². The van der Waals surface area contributed by atoms with E-state index in [1.165, 1.54) is 6.42 Å². The predicted octanol–water partition coefficient (Wildman–Crippen LogP) is 2.18. The summed E-state index contributed by atoms with van der Waals surface area (Å²) in [7, 11) is 0. The van der Waals surface area contributed by atoms with Crippen molar-refractivity contribution in [3.05, 3.63) is 0 Å². The summed E-state index contributed by atoms with van der Waals surface area (Å²) in [6, 6.07) is 0. The fourth-order valence-corrected chi connectivity index (χ4v) is 2.66. The van der Waals surface area contributed by atoms with Crippen LogP contribution in [0.4, 0.5) is 0 Å². The summed E-state index contributed by atoms with van der Waals surface area (Å²) in [4.78, 5) is 0. The maximum absolute atomic E-state index is 8.86. The first-order valence-electron chi connectivity index (χ1n) is 4.89. The highest BCUT2D eigenvalue weighted by atomic mass is 16.5. The topological polar surface area (TPSA) is 41.8 Å². The van der Waals surface area contributed by atoms with Crippen LogP contribution in [0.2, 0.25) is 0 Å². The predicted molar refractivity (Wildman–Crippen MR) is 50.1 cm³/mol. The molecular weight excluding hydrogens is 166 g/mol. The normalized spacial score (nSPS) is 45.5. The van der Waals surface area contributed by atoms with Gasteiger partial charge >= 0.3 is 0 Å². The van der Waals surface area contributed by atoms with Gasteiger partial charge in [-0.25, -0.2) is 0 Å². The van der Waals surface area contributed by atoms with E-state index >= 15 is 0 Å². The highest BCUT2D eigenvalue weighted by Gasteiger charge is 2.52. The molecule has 3 fully saturated rings. The average Bonchev–Trinajstić information content (AvgIpc) is 2.01. The van der Waals surface area contributed by atoms with Crippen LogP contribution in [0.25, 0.3) is 0 Å². The van der Waals surface area contributed by atoms with Crippen molar-refractivity contribution in [1.29, 1.82) is 0 Å². The van der Waals surface area contributed by atoms with Gasteiger partial charge in [-0.1, -0.05) is 5.16 Å². The number of hydrogen-bond acceptors (Lipinski definition) is 3. The maximum atomic E-state index is 8.86. The smallest absolute Gasteiger partial charge is 0.107 e. The van der Waals surface area contributed by atoms with Crippen molar-refractivity contribution in [3.63, 3.8) is 0 Å². The van der Waals surface area contributed by atoms with E-state index in [0.29, 0.717) is 5.92 Å². The molecule has 3 nitrogen and oxygen atoms in total. The van der Waals surface area contributed by atoms with Crippen LogP contribution in [0, 0.1) is 5.92 Å². The van der Waals surface area contributed by atoms with Crippen LogP contribution in [0.1, 0.15) is 40.0 Å². The fourth-order valence-electron chi connectivity index (χ4n) is 2.66. The van der Waals surface area contributed by atoms with Crippen LogP contribution in [-0.4, -0.2) is 22.1 Å². The van der Waals surface area contributed by atoms with Crippen molar-refractivity contribution < 1.29 is 9.94 Å². The molecule has 1 aliphatic carbocycles. The molecule has 0 aromatic heterocycles. The number of nitrogens with zero attached hydrogens (tertiary/aromatic N) is 1. The van der Waals surface area contributed by atoms with Gasteiger partial charge in [0.25, 0.3) is 0 Å². The van der Waals surface area contributed by atoms with Crippen molar-refractivity contribution >= 4 is 5.71 Å². The van der Waals surface area contributed by atoms with Gasteiger partial charge in [0, 0.05) is 0 Å². The molecule has 2 aliphatic heterocycles. The summed E-state index contributed by atoms with van der Waals surface area (Å²) in [6.07, 6.45) is 3.06. The minimum atomic E-state index is -0.312. The van der Waals surface area contributed by atoms with E-state index < -0.39 is 0 Å². The zero-order valence-electron chi connectivity index (χ0n) is 8.50. The molecule has 0 aromatic carbocycles. The molecule has 2 heterocycles. The summed E-state index contributed by atoms with van der Waals surface area (Å²) in [5.41, 5.74) is 0.455. The molecule has 2 unspecified atom stereocenters. The molecule has 3 heteroatoms. The monoisotopic (exact) mass is 183 g/mol. The molecule has 13 heavy (non-hydrogen) atoms. The number of oxime groups is 1. The molecule has 2 saturated heterocycles. The Kier molecular flexibility index (Phi) is 1.71. The molecule has 0 spiro atoms. The van der Waals surface area contributed by atoms with Crippen LogP contribution < -0.4 is 0 Å². The number of fused-ring (bicyclic) bond motifs is 3. The lowest BCUT2D eigenvalue weighted by atomic mass is 9.68. The van der Waals surface area contributed by atoms with E-state index in [9.17, 15) is 0 Å². The maximum Gasteiger partial charge on any atom is 0.107 e. The van der Waals surface area contributed by atoms with Crippen LogP contribution >= 0.6 is 0 Å². The van der Waals surface area contributed by atoms with E-state index in [0.717, 1.165) is 18.6 Å². The summed E-state index contributed by atoms with van der Waals surface area (Å²) in [5, 5.41) is 12.2. The summed E-state index contributed by atoms with van der Waals surface area (Å²) in [5.74, 6) is 0.514. The van der Waals surface area contributed by atoms with Crippen molar-refractivity contribution in [2.75, 3.05) is 0 Å². The van der Waals surface area contributed by atoms with Gasteiger partial charge in [-0.2, -0.15) is 0 Å². The lowest BCUT2D eigenvalue weighted by Crippen LogP contribution is -2.59. The van der Waals surface area contributed by atoms with Gasteiger partial charge in [0.05, 0.1) is 11.3 Å². The van der Waals surface area contributed by atoms with E-state index in [2.05, 4.69) is 19.0 Å². The van der Waals surface area contributed by atoms with Crippen molar-refractivity contribution in [3.8, 4) is 0 Å². The third-order valence-corrected chi connectivity index (χ3v) is 3.61. The minimum absolute atomic E-state index is 0.0544. The summed E-state index contributed by atoms with van der Waals surface area (Å²) >= 11 is 0. The Morgan fingerprint density at radius 3 is 2.62 bits per heavy atom. The zero-order valence-corrected chi connectivity index (χ0v) is 8.50. The highest BCUT2D eigenvalue weighted by Crippen LogP contribution is 2.47. The molecule has 0 radical (unpaired) electrons. The fraction of sp³-hybridized carbons (Fsp3) is 0.900. The highest BCUT2D eigenvalue weighted by molar-refractivity contribution is 5.93. The molecule has 2 bridgehead atoms. The van der Waals surface area contributed by atoms with E-state index in [1.54, 1.807) is 0 Å². The Hall–Kier alpha value is -0.570. The average molecular weight is 183 g/mol. The second-order valence-electron chi connectivity index (χ2n) is 4.92. The van der Waals surface area contributed by atoms with E-state index in [-0.39, 0.29) is 11.2 Å². The van der Waals surface area contributed by atoms with E-state index in [4.69, 9.17) is 9.94 Å². The summed E-state index contributed by atoms with van der Waals surface area (Å²) < 4.78 is 5.97. The Morgan fingerprint density at radius 1 is 1.46 bits per heavy atom. The largest absolute Gasteiger partial charge is 0.411 e. The zero-order chi connectivity index (χ0) is 9.69. The third kappa shape index (κ3) is 1.17. The van der Waals surface area contributed by atoms with Crippen LogP contribution in [0.3, 0.4) is 0 Å². The van der Waals surface area contributed by atoms with Crippen molar-refractivity contribution in [2.45, 2.75) is 51.2 Å². The lowest BCUT2D eigenvalue weighted by Gasteiger charge is -2.53. The quantitative estimate of drug-likeness (QED) is 0.462. The Morgan fingerprint density at radius 2 is 2.15 bits per heavy atom. The van der Waals surface area contributed by atoms with Crippen molar-refractivity contribution in [1.82, 2.24) is 0 Å². The number of ether oxygens (including phenoxy) is 1. The van der Waals surface area contributed by atoms with Gasteiger partial charge in [-0.05, 0) is 46.0 Å². The van der Waals surface area contributed by atoms with Gasteiger partial charge in [-0.3, -0.25) is 0 Å². The standard InChI is InChI=1S/C10H17NO2/c1-9(2)7-4-5-10(3,13-9)8(6-7)11-12/h7,12H,4-6H2,1-3H3/b11-8+. The Balaban J connectivity index is 2.34. The SMILES string of the molecule is CC12CCC(C/C1=N\O)C(C)(C)O2. The molecule has 3 aliphatic rings. The molecule has 3 rings (SSSR count). The first-order chi connectivity index (χ1) is 5.98. The van der Waals surface area contributed by atoms with Crippen LogP contribution in [-0.2, 0) is 4.74 Å². The molecule has 1 saturated carbocycles. The second-order valence-corrected chi connectivity index (χ2v) is 4.92. The molecule has 2 atom stereocenters. The lowest BCUT2D eigenvalue weighted by molar-refractivity contribution is -0.179. The number of rotatable bonds is 0. The van der Waals surface area contributed by atoms with Crippen LogP contribution in [0.15, 0.2) is 5.16 Å². The molecule has 0 amide bonds. The Bertz CT molecular complexity index is 260. The first kappa shape index (κ1) is 9.00. The molecular formula is C10H17NO2. The van der Waals surface area contributed by atoms with Gasteiger partial charge in [-0.15, -0.1) is 0 Å². The third-order valence-electron chi connectivity index (χ3n) is 3.61. The van der Waals surface area contributed by atoms with Crippen LogP contribution in [0.5, 0.6) is 0 Å². The van der Waals surface area contributed by atoms with Gasteiger partial charge < -0.3 is 9.94 Å².